The second-order valence-electron chi connectivity index (χ2n) is 5.84. The highest BCUT2D eigenvalue weighted by Gasteiger charge is 2.12. The summed E-state index contributed by atoms with van der Waals surface area (Å²) in [6.45, 7) is 2.67. The first kappa shape index (κ1) is 21.8. The van der Waals surface area contributed by atoms with Gasteiger partial charge >= 0.3 is 6.07 Å². The van der Waals surface area contributed by atoms with Crippen LogP contribution in [0.1, 0.15) is 96.8 Å². The van der Waals surface area contributed by atoms with Crippen LogP contribution >= 0.6 is 28.6 Å². The molecule has 0 bridgehead atoms. The van der Waals surface area contributed by atoms with Crippen molar-refractivity contribution in [3.8, 4) is 0 Å². The highest BCUT2D eigenvalue weighted by molar-refractivity contribution is 8.05. The first-order chi connectivity index (χ1) is 10.1. The van der Waals surface area contributed by atoms with E-state index in [1.165, 1.54) is 77.0 Å². The van der Waals surface area contributed by atoms with Crippen molar-refractivity contribution >= 4 is 28.6 Å². The molecule has 0 radical (unpaired) electrons. The van der Waals surface area contributed by atoms with E-state index in [4.69, 9.17) is 27.0 Å². The zero-order chi connectivity index (χ0) is 15.8. The monoisotopic (exact) mass is 358 g/mol. The molecule has 0 saturated carbocycles. The molecule has 5 heteroatoms. The van der Waals surface area contributed by atoms with Gasteiger partial charge < -0.3 is 4.52 Å². The Labute approximate surface area is 141 Å². The molecule has 128 valence electrons. The van der Waals surface area contributed by atoms with E-state index >= 15 is 0 Å². The van der Waals surface area contributed by atoms with Crippen molar-refractivity contribution in [1.29, 1.82) is 0 Å². The smallest absolute Gasteiger partial charge is 0.306 e. The lowest BCUT2D eigenvalue weighted by Crippen LogP contribution is -1.88. The Morgan fingerprint density at radius 3 is 1.33 bits per heavy atom. The maximum Gasteiger partial charge on any atom is 0.380 e. The van der Waals surface area contributed by atoms with Crippen LogP contribution in [0.15, 0.2) is 0 Å². The van der Waals surface area contributed by atoms with Crippen molar-refractivity contribution in [3.63, 3.8) is 0 Å². The van der Waals surface area contributed by atoms with Crippen molar-refractivity contribution in [3.05, 3.63) is 0 Å². The lowest BCUT2D eigenvalue weighted by Gasteiger charge is -2.04. The van der Waals surface area contributed by atoms with Gasteiger partial charge in [-0.05, 0) is 28.9 Å². The van der Waals surface area contributed by atoms with E-state index in [0.717, 1.165) is 12.8 Å². The van der Waals surface area contributed by atoms with Gasteiger partial charge in [-0.2, -0.15) is 0 Å². The number of hydrogen-bond donors (Lipinski definition) is 0. The summed E-state index contributed by atoms with van der Waals surface area (Å²) < 4.78 is 15.7. The minimum atomic E-state index is -3.31. The summed E-state index contributed by atoms with van der Waals surface area (Å²) in [6, 6.07) is 0. The molecule has 0 amide bonds. The van der Waals surface area contributed by atoms with Gasteiger partial charge in [0.05, 0.1) is 6.61 Å². The SMILES string of the molecule is CCCCCCCCCCCCCCCCOP(=O)(Cl)Cl. The second kappa shape index (κ2) is 15.7. The lowest BCUT2D eigenvalue weighted by atomic mass is 10.0. The summed E-state index contributed by atoms with van der Waals surface area (Å²) in [6.07, 6.45) is 15.1. The van der Waals surface area contributed by atoms with Gasteiger partial charge in [-0.15, -0.1) is 0 Å². The molecule has 2 nitrogen and oxygen atoms in total. The summed E-state index contributed by atoms with van der Waals surface area (Å²) in [4.78, 5) is 0. The Hall–Kier alpha value is 0.770. The molecule has 0 atom stereocenters. The molecule has 0 aromatic rings. The van der Waals surface area contributed by atoms with Crippen LogP contribution in [0.4, 0.5) is 0 Å². The van der Waals surface area contributed by atoms with E-state index in [1.807, 2.05) is 0 Å². The van der Waals surface area contributed by atoms with Crippen molar-refractivity contribution in [2.75, 3.05) is 6.61 Å². The Balaban J connectivity index is 3.01. The van der Waals surface area contributed by atoms with Crippen LogP contribution in [-0.4, -0.2) is 6.61 Å². The number of halogens is 2. The van der Waals surface area contributed by atoms with Crippen LogP contribution in [-0.2, 0) is 9.09 Å². The molecule has 0 spiro atoms. The lowest BCUT2D eigenvalue weighted by molar-refractivity contribution is 0.320. The molecule has 0 N–H and O–H groups in total. The summed E-state index contributed by atoms with van der Waals surface area (Å²) >= 11 is 10.6. The highest BCUT2D eigenvalue weighted by Crippen LogP contribution is 2.57. The molecule has 0 saturated heterocycles. The third kappa shape index (κ3) is 20.8. The average Bonchev–Trinajstić information content (AvgIpc) is 2.42. The molecule has 0 aliphatic carbocycles. The maximum absolute atomic E-state index is 10.9. The summed E-state index contributed by atoms with van der Waals surface area (Å²) in [7, 11) is 0. The minimum Gasteiger partial charge on any atom is -0.306 e. The van der Waals surface area contributed by atoms with Gasteiger partial charge in [-0.25, -0.2) is 0 Å². The van der Waals surface area contributed by atoms with Crippen LogP contribution in [0, 0.1) is 0 Å². The van der Waals surface area contributed by atoms with Gasteiger partial charge in [0, 0.05) is 0 Å². The van der Waals surface area contributed by atoms with Crippen LogP contribution in [0.2, 0.25) is 0 Å². The quantitative estimate of drug-likeness (QED) is 0.206. The van der Waals surface area contributed by atoms with E-state index in [-0.39, 0.29) is 0 Å². The van der Waals surface area contributed by atoms with Gasteiger partial charge in [0.25, 0.3) is 0 Å². The largest absolute Gasteiger partial charge is 0.380 e. The third-order valence-electron chi connectivity index (χ3n) is 3.74. The number of hydrogen-bond acceptors (Lipinski definition) is 2. The topological polar surface area (TPSA) is 26.3 Å². The Kier molecular flexibility index (Phi) is 16.2. The van der Waals surface area contributed by atoms with Crippen molar-refractivity contribution in [2.24, 2.45) is 0 Å². The van der Waals surface area contributed by atoms with Gasteiger partial charge in [0.2, 0.25) is 0 Å². The predicted octanol–water partition coefficient (Wildman–Crippen LogP) is 8.07. The molecule has 0 heterocycles. The summed E-state index contributed by atoms with van der Waals surface area (Å²) in [5.41, 5.74) is 0. The number of unbranched alkanes of at least 4 members (excludes halogenated alkanes) is 13. The van der Waals surface area contributed by atoms with E-state index in [0.29, 0.717) is 6.61 Å². The van der Waals surface area contributed by atoms with Crippen LogP contribution < -0.4 is 0 Å². The normalized spacial score (nSPS) is 12.0. The van der Waals surface area contributed by atoms with Crippen LogP contribution in [0.25, 0.3) is 0 Å². The zero-order valence-electron chi connectivity index (χ0n) is 13.6. The minimum absolute atomic E-state index is 0.405. The molecule has 0 aliphatic heterocycles. The third-order valence-corrected chi connectivity index (χ3v) is 4.81. The highest BCUT2D eigenvalue weighted by atomic mass is 35.9. The predicted molar refractivity (Wildman–Crippen MR) is 95.6 cm³/mol. The fraction of sp³-hybridized carbons (Fsp3) is 1.00. The molecular weight excluding hydrogens is 326 g/mol. The Morgan fingerprint density at radius 1 is 0.667 bits per heavy atom. The van der Waals surface area contributed by atoms with Crippen LogP contribution in [0.3, 0.4) is 0 Å². The maximum atomic E-state index is 10.9. The van der Waals surface area contributed by atoms with Crippen molar-refractivity contribution in [2.45, 2.75) is 96.8 Å². The zero-order valence-corrected chi connectivity index (χ0v) is 16.0. The van der Waals surface area contributed by atoms with Crippen molar-refractivity contribution < 1.29 is 9.09 Å². The van der Waals surface area contributed by atoms with E-state index in [9.17, 15) is 4.57 Å². The summed E-state index contributed by atoms with van der Waals surface area (Å²) in [5.74, 6) is 0. The number of rotatable bonds is 16. The van der Waals surface area contributed by atoms with Gasteiger partial charge in [-0.3, -0.25) is 4.57 Å². The molecule has 0 aromatic heterocycles. The van der Waals surface area contributed by atoms with Gasteiger partial charge in [-0.1, -0.05) is 90.4 Å². The Morgan fingerprint density at radius 2 is 1.00 bits per heavy atom. The second-order valence-corrected chi connectivity index (χ2v) is 10.1. The fourth-order valence-electron chi connectivity index (χ4n) is 2.47. The molecular formula is C16H33Cl2O2P. The first-order valence-electron chi connectivity index (χ1n) is 8.70. The molecule has 0 aliphatic rings. The molecule has 0 unspecified atom stereocenters. The van der Waals surface area contributed by atoms with Gasteiger partial charge in [0.15, 0.2) is 0 Å². The van der Waals surface area contributed by atoms with Gasteiger partial charge in [0.1, 0.15) is 0 Å². The van der Waals surface area contributed by atoms with E-state index in [2.05, 4.69) is 6.92 Å². The molecule has 0 aromatic carbocycles. The summed E-state index contributed by atoms with van der Waals surface area (Å²) in [5, 5.41) is 0. The first-order valence-corrected chi connectivity index (χ1v) is 12.1. The van der Waals surface area contributed by atoms with Crippen molar-refractivity contribution in [1.82, 2.24) is 0 Å². The van der Waals surface area contributed by atoms with E-state index in [1.54, 1.807) is 0 Å². The molecule has 21 heavy (non-hydrogen) atoms. The Bertz CT molecular complexity index is 257. The van der Waals surface area contributed by atoms with Crippen LogP contribution in [0.5, 0.6) is 0 Å². The average molecular weight is 359 g/mol. The molecule has 0 rings (SSSR count). The standard InChI is InChI=1S/C16H33Cl2O2P/c1-2-3-4-5-6-7-8-9-10-11-12-13-14-15-16-20-21(17,18)19/h2-16H2,1H3. The molecule has 0 fully saturated rings. The van der Waals surface area contributed by atoms with E-state index < -0.39 is 6.07 Å². The fourth-order valence-corrected chi connectivity index (χ4v) is 3.22.